The van der Waals surface area contributed by atoms with Crippen LogP contribution in [0.4, 0.5) is 5.95 Å². The summed E-state index contributed by atoms with van der Waals surface area (Å²) in [7, 11) is 1.81. The Labute approximate surface area is 216 Å². The minimum Gasteiger partial charge on any atom is -0.357 e. The molecule has 1 fully saturated rings. The quantitative estimate of drug-likeness (QED) is 0.424. The predicted molar refractivity (Wildman–Crippen MR) is 139 cm³/mol. The Balaban J connectivity index is 1.22. The highest BCUT2D eigenvalue weighted by molar-refractivity contribution is 6.31. The lowest BCUT2D eigenvalue weighted by molar-refractivity contribution is -0.126. The molecule has 0 bridgehead atoms. The number of halogens is 1. The van der Waals surface area contributed by atoms with E-state index < -0.39 is 0 Å². The maximum Gasteiger partial charge on any atom is 0.226 e. The molecule has 1 saturated carbocycles. The molecule has 0 spiro atoms. The summed E-state index contributed by atoms with van der Waals surface area (Å²) in [6.45, 7) is 0.380. The average molecular weight is 504 g/mol. The molecule has 0 atom stereocenters. The largest absolute Gasteiger partial charge is 0.357 e. The van der Waals surface area contributed by atoms with Crippen molar-refractivity contribution in [3.05, 3.63) is 64.7 Å². The number of carbonyl (C=O) groups excluding carboxylic acids is 1. The molecule has 0 radical (unpaired) electrons. The molecule has 1 aliphatic rings. The van der Waals surface area contributed by atoms with Crippen LogP contribution in [0.25, 0.3) is 11.4 Å². The van der Waals surface area contributed by atoms with E-state index in [-0.39, 0.29) is 11.8 Å². The molecular weight excluding hydrogens is 474 g/mol. The molecule has 3 aromatic rings. The normalized spacial score (nSPS) is 17.2. The van der Waals surface area contributed by atoms with Gasteiger partial charge in [-0.15, -0.1) is 0 Å². The number of amides is 1. The van der Waals surface area contributed by atoms with Crippen LogP contribution >= 0.6 is 11.6 Å². The summed E-state index contributed by atoms with van der Waals surface area (Å²) in [5.74, 6) is 2.72. The first-order chi connectivity index (χ1) is 17.6. The molecule has 0 unspecified atom stereocenters. The van der Waals surface area contributed by atoms with E-state index in [4.69, 9.17) is 16.9 Å². The Morgan fingerprint density at radius 1 is 1.17 bits per heavy atom. The number of anilines is 1. The maximum atomic E-state index is 12.7. The van der Waals surface area contributed by atoms with Crippen LogP contribution in [-0.4, -0.2) is 32.9 Å². The number of hydrogen-bond donors (Lipinski definition) is 2. The van der Waals surface area contributed by atoms with Crippen LogP contribution in [0.3, 0.4) is 0 Å². The van der Waals surface area contributed by atoms with E-state index in [1.54, 1.807) is 37.6 Å². The van der Waals surface area contributed by atoms with Gasteiger partial charge in [-0.2, -0.15) is 15.2 Å². The Morgan fingerprint density at radius 2 is 2.00 bits per heavy atom. The molecule has 9 heteroatoms. The third-order valence-electron chi connectivity index (χ3n) is 6.69. The summed E-state index contributed by atoms with van der Waals surface area (Å²) in [6, 6.07) is 11.0. The summed E-state index contributed by atoms with van der Waals surface area (Å²) in [4.78, 5) is 30.5. The van der Waals surface area contributed by atoms with E-state index in [1.165, 1.54) is 0 Å². The van der Waals surface area contributed by atoms with Crippen LogP contribution in [0.2, 0.25) is 5.02 Å². The first-order valence-electron chi connectivity index (χ1n) is 12.3. The fourth-order valence-corrected chi connectivity index (χ4v) is 4.86. The lowest BCUT2D eigenvalue weighted by Crippen LogP contribution is -2.33. The van der Waals surface area contributed by atoms with Crippen molar-refractivity contribution in [3.8, 4) is 17.5 Å². The molecular formula is C27H30ClN7O. The zero-order valence-corrected chi connectivity index (χ0v) is 21.1. The standard InChI is InChI=1S/C27H30ClN7O/c1-30-27-34-24(33-25(35-27)22-5-3-13-31-16-22)6-2-4-18-7-10-20(11-8-18)26(36)32-17-21-12-9-19(15-29)14-23(21)28/h3,5,9,12-14,16,18,20H,2,4,6-8,10-11,17H2,1H3,(H,32,36)(H,30,33,34,35). The van der Waals surface area contributed by atoms with E-state index in [0.29, 0.717) is 34.8 Å². The van der Waals surface area contributed by atoms with Gasteiger partial charge in [0.05, 0.1) is 11.6 Å². The minimum absolute atomic E-state index is 0.0437. The van der Waals surface area contributed by atoms with Crippen LogP contribution in [0, 0.1) is 23.2 Å². The van der Waals surface area contributed by atoms with Gasteiger partial charge in [-0.25, -0.2) is 4.98 Å². The number of pyridine rings is 1. The van der Waals surface area contributed by atoms with Crippen LogP contribution < -0.4 is 10.6 Å². The van der Waals surface area contributed by atoms with Gasteiger partial charge in [0.15, 0.2) is 5.82 Å². The number of nitrogens with one attached hydrogen (secondary N) is 2. The molecule has 2 N–H and O–H groups in total. The van der Waals surface area contributed by atoms with Crippen LogP contribution in [0.5, 0.6) is 0 Å². The fourth-order valence-electron chi connectivity index (χ4n) is 4.62. The molecule has 0 aliphatic heterocycles. The highest BCUT2D eigenvalue weighted by atomic mass is 35.5. The summed E-state index contributed by atoms with van der Waals surface area (Å²) in [6.07, 6.45) is 10.3. The molecule has 0 saturated heterocycles. The second-order valence-electron chi connectivity index (χ2n) is 9.14. The van der Waals surface area contributed by atoms with Crippen molar-refractivity contribution in [2.24, 2.45) is 11.8 Å². The molecule has 2 heterocycles. The first-order valence-corrected chi connectivity index (χ1v) is 12.7. The van der Waals surface area contributed by atoms with E-state index in [0.717, 1.165) is 61.9 Å². The zero-order chi connectivity index (χ0) is 25.3. The van der Waals surface area contributed by atoms with Crippen molar-refractivity contribution < 1.29 is 4.79 Å². The lowest BCUT2D eigenvalue weighted by Gasteiger charge is -2.27. The van der Waals surface area contributed by atoms with Crippen molar-refractivity contribution >= 4 is 23.5 Å². The number of rotatable bonds is 9. The number of benzene rings is 1. The van der Waals surface area contributed by atoms with Gasteiger partial charge in [-0.1, -0.05) is 24.1 Å². The average Bonchev–Trinajstić information content (AvgIpc) is 2.92. The topological polar surface area (TPSA) is 116 Å². The van der Waals surface area contributed by atoms with E-state index in [1.807, 2.05) is 12.1 Å². The van der Waals surface area contributed by atoms with Crippen LogP contribution in [0.1, 0.15) is 55.5 Å². The van der Waals surface area contributed by atoms with Crippen molar-refractivity contribution in [3.63, 3.8) is 0 Å². The van der Waals surface area contributed by atoms with E-state index in [9.17, 15) is 4.79 Å². The Hall–Kier alpha value is -3.57. The summed E-state index contributed by atoms with van der Waals surface area (Å²) in [5, 5.41) is 15.5. The number of nitriles is 1. The van der Waals surface area contributed by atoms with Gasteiger partial charge in [-0.05, 0) is 67.9 Å². The Kier molecular flexibility index (Phi) is 8.80. The number of carbonyl (C=O) groups is 1. The lowest BCUT2D eigenvalue weighted by atomic mass is 9.79. The zero-order valence-electron chi connectivity index (χ0n) is 20.4. The van der Waals surface area contributed by atoms with E-state index in [2.05, 4.69) is 36.6 Å². The fraction of sp³-hybridized carbons (Fsp3) is 0.407. The van der Waals surface area contributed by atoms with Gasteiger partial charge in [0.25, 0.3) is 0 Å². The maximum absolute atomic E-state index is 12.7. The second-order valence-corrected chi connectivity index (χ2v) is 9.54. The minimum atomic E-state index is 0.0437. The van der Waals surface area contributed by atoms with Gasteiger partial charge in [0, 0.05) is 48.9 Å². The number of hydrogen-bond acceptors (Lipinski definition) is 7. The third kappa shape index (κ3) is 6.76. The summed E-state index contributed by atoms with van der Waals surface area (Å²) >= 11 is 6.22. The SMILES string of the molecule is CNc1nc(CCCC2CCC(C(=O)NCc3ccc(C#N)cc3Cl)CC2)nc(-c2cccnc2)n1. The molecule has 186 valence electrons. The molecule has 8 nitrogen and oxygen atoms in total. The van der Waals surface area contributed by atoms with Crippen molar-refractivity contribution in [1.82, 2.24) is 25.3 Å². The van der Waals surface area contributed by atoms with Gasteiger partial charge in [0.1, 0.15) is 5.82 Å². The van der Waals surface area contributed by atoms with Crippen molar-refractivity contribution in [2.75, 3.05) is 12.4 Å². The molecule has 1 aromatic carbocycles. The summed E-state index contributed by atoms with van der Waals surface area (Å²) in [5.41, 5.74) is 2.21. The van der Waals surface area contributed by atoms with E-state index >= 15 is 0 Å². The smallest absolute Gasteiger partial charge is 0.226 e. The van der Waals surface area contributed by atoms with Gasteiger partial charge in [-0.3, -0.25) is 9.78 Å². The predicted octanol–water partition coefficient (Wildman–Crippen LogP) is 4.95. The van der Waals surface area contributed by atoms with Crippen molar-refractivity contribution in [1.29, 1.82) is 5.26 Å². The Morgan fingerprint density at radius 3 is 2.69 bits per heavy atom. The number of aromatic nitrogens is 4. The number of nitrogens with zero attached hydrogens (tertiary/aromatic N) is 5. The van der Waals surface area contributed by atoms with Gasteiger partial charge < -0.3 is 10.6 Å². The second kappa shape index (κ2) is 12.4. The molecule has 4 rings (SSSR count). The third-order valence-corrected chi connectivity index (χ3v) is 7.04. The highest BCUT2D eigenvalue weighted by Crippen LogP contribution is 2.32. The van der Waals surface area contributed by atoms with Crippen LogP contribution in [-0.2, 0) is 17.8 Å². The molecule has 36 heavy (non-hydrogen) atoms. The molecule has 1 amide bonds. The van der Waals surface area contributed by atoms with Crippen LogP contribution in [0.15, 0.2) is 42.7 Å². The van der Waals surface area contributed by atoms with Gasteiger partial charge >= 0.3 is 0 Å². The highest BCUT2D eigenvalue weighted by Gasteiger charge is 2.26. The Bertz CT molecular complexity index is 1220. The molecule has 1 aliphatic carbocycles. The molecule has 2 aromatic heterocycles. The van der Waals surface area contributed by atoms with Crippen molar-refractivity contribution in [2.45, 2.75) is 51.5 Å². The summed E-state index contributed by atoms with van der Waals surface area (Å²) < 4.78 is 0. The first kappa shape index (κ1) is 25.5. The number of aryl methyl sites for hydroxylation is 1. The van der Waals surface area contributed by atoms with Gasteiger partial charge in [0.2, 0.25) is 11.9 Å². The monoisotopic (exact) mass is 503 g/mol.